The maximum atomic E-state index is 5.69. The van der Waals surface area contributed by atoms with E-state index in [2.05, 4.69) is 29.2 Å². The lowest BCUT2D eigenvalue weighted by molar-refractivity contribution is 0.463. The van der Waals surface area contributed by atoms with Crippen LogP contribution in [0.5, 0.6) is 11.6 Å². The maximum absolute atomic E-state index is 5.69. The second-order valence-corrected chi connectivity index (χ2v) is 5.29. The number of nitrogens with zero attached hydrogens (tertiary/aromatic N) is 1. The fourth-order valence-corrected chi connectivity index (χ4v) is 2.32. The highest BCUT2D eigenvalue weighted by Gasteiger charge is 2.01. The molecule has 0 aliphatic rings. The number of nitrogen functional groups attached to an aromatic ring is 1. The van der Waals surface area contributed by atoms with Gasteiger partial charge in [-0.2, -0.15) is 0 Å². The third-order valence-corrected chi connectivity index (χ3v) is 3.56. The molecule has 2 aromatic carbocycles. The zero-order valence-electron chi connectivity index (χ0n) is 12.8. The summed E-state index contributed by atoms with van der Waals surface area (Å²) in [5.41, 5.74) is 15.4. The summed E-state index contributed by atoms with van der Waals surface area (Å²) in [7, 11) is 0. The Morgan fingerprint density at radius 1 is 0.826 bits per heavy atom. The van der Waals surface area contributed by atoms with Gasteiger partial charge in [0.05, 0.1) is 11.9 Å². The van der Waals surface area contributed by atoms with E-state index in [0.717, 1.165) is 17.7 Å². The van der Waals surface area contributed by atoms with Crippen LogP contribution < -0.4 is 16.2 Å². The largest absolute Gasteiger partial charge is 0.439 e. The second-order valence-electron chi connectivity index (χ2n) is 5.29. The first-order valence-electron chi connectivity index (χ1n) is 7.53. The molecule has 1 aromatic heterocycles. The van der Waals surface area contributed by atoms with Crippen molar-refractivity contribution in [3.05, 3.63) is 72.4 Å². The molecule has 4 N–H and O–H groups in total. The molecule has 0 fully saturated rings. The highest BCUT2D eigenvalue weighted by atomic mass is 16.5. The Morgan fingerprint density at radius 2 is 1.48 bits per heavy atom. The minimum Gasteiger partial charge on any atom is -0.439 e. The van der Waals surface area contributed by atoms with E-state index in [1.165, 1.54) is 11.1 Å². The molecule has 0 atom stereocenters. The summed E-state index contributed by atoms with van der Waals surface area (Å²) in [4.78, 5) is 4.12. The van der Waals surface area contributed by atoms with Gasteiger partial charge in [0, 0.05) is 6.07 Å². The minimum absolute atomic E-state index is 0.526. The number of hydrogen-bond donors (Lipinski definition) is 2. The summed E-state index contributed by atoms with van der Waals surface area (Å²) in [5, 5.41) is 0. The fraction of sp³-hybridized carbons (Fsp3) is 0.105. The summed E-state index contributed by atoms with van der Waals surface area (Å²) in [6.07, 6.45) is 2.48. The Labute approximate surface area is 135 Å². The van der Waals surface area contributed by atoms with Crippen LogP contribution in [-0.2, 0) is 6.42 Å². The van der Waals surface area contributed by atoms with Gasteiger partial charge in [-0.05, 0) is 47.9 Å². The molecular formula is C19H19N3O. The SMILES string of the molecule is NCCc1ccc(-c2ccc(Oc3ccc(N)cn3)cc2)cc1. The Balaban J connectivity index is 1.72. The molecule has 0 saturated heterocycles. The van der Waals surface area contributed by atoms with Crippen molar-refractivity contribution in [3.63, 3.8) is 0 Å². The van der Waals surface area contributed by atoms with Gasteiger partial charge >= 0.3 is 0 Å². The number of hydrogen-bond acceptors (Lipinski definition) is 4. The molecule has 4 nitrogen and oxygen atoms in total. The lowest BCUT2D eigenvalue weighted by Gasteiger charge is -2.07. The van der Waals surface area contributed by atoms with E-state index in [1.807, 2.05) is 24.3 Å². The molecule has 0 radical (unpaired) electrons. The van der Waals surface area contributed by atoms with Gasteiger partial charge in [0.2, 0.25) is 5.88 Å². The van der Waals surface area contributed by atoms with Gasteiger partial charge in [-0.15, -0.1) is 0 Å². The van der Waals surface area contributed by atoms with Gasteiger partial charge in [0.1, 0.15) is 5.75 Å². The van der Waals surface area contributed by atoms with Crippen molar-refractivity contribution < 1.29 is 4.74 Å². The van der Waals surface area contributed by atoms with Gasteiger partial charge in [-0.3, -0.25) is 0 Å². The number of anilines is 1. The highest BCUT2D eigenvalue weighted by molar-refractivity contribution is 5.64. The number of rotatable bonds is 5. The van der Waals surface area contributed by atoms with Crippen LogP contribution in [0.25, 0.3) is 11.1 Å². The van der Waals surface area contributed by atoms with Gasteiger partial charge in [-0.25, -0.2) is 4.98 Å². The van der Waals surface area contributed by atoms with E-state index < -0.39 is 0 Å². The lowest BCUT2D eigenvalue weighted by Crippen LogP contribution is -2.02. The molecule has 0 bridgehead atoms. The van der Waals surface area contributed by atoms with Gasteiger partial charge in [0.15, 0.2) is 0 Å². The standard InChI is InChI=1S/C19H19N3O/c20-12-11-14-1-3-15(4-2-14)16-5-8-18(9-6-16)23-19-10-7-17(21)13-22-19/h1-10,13H,11-12,20-21H2. The van der Waals surface area contributed by atoms with E-state index in [1.54, 1.807) is 18.3 Å². The van der Waals surface area contributed by atoms with Crippen LogP contribution in [-0.4, -0.2) is 11.5 Å². The van der Waals surface area contributed by atoms with Gasteiger partial charge in [-0.1, -0.05) is 36.4 Å². The molecule has 0 amide bonds. The molecule has 3 aromatic rings. The van der Waals surface area contributed by atoms with Crippen LogP contribution in [0.4, 0.5) is 5.69 Å². The smallest absolute Gasteiger partial charge is 0.219 e. The van der Waals surface area contributed by atoms with Gasteiger partial charge < -0.3 is 16.2 Å². The predicted octanol–water partition coefficient (Wildman–Crippen LogP) is 3.62. The molecule has 0 spiro atoms. The van der Waals surface area contributed by atoms with E-state index in [0.29, 0.717) is 18.1 Å². The van der Waals surface area contributed by atoms with Crippen molar-refractivity contribution in [1.29, 1.82) is 0 Å². The highest BCUT2D eigenvalue weighted by Crippen LogP contribution is 2.25. The van der Waals surface area contributed by atoms with Crippen molar-refractivity contribution in [1.82, 2.24) is 4.98 Å². The first kappa shape index (κ1) is 15.1. The van der Waals surface area contributed by atoms with Crippen molar-refractivity contribution in [2.75, 3.05) is 12.3 Å². The van der Waals surface area contributed by atoms with Crippen LogP contribution in [0.3, 0.4) is 0 Å². The topological polar surface area (TPSA) is 74.2 Å². The van der Waals surface area contributed by atoms with Crippen molar-refractivity contribution >= 4 is 5.69 Å². The predicted molar refractivity (Wildman–Crippen MR) is 93.4 cm³/mol. The number of nitrogens with two attached hydrogens (primary N) is 2. The number of benzene rings is 2. The molecule has 0 saturated carbocycles. The Hall–Kier alpha value is -2.85. The molecule has 116 valence electrons. The van der Waals surface area contributed by atoms with Gasteiger partial charge in [0.25, 0.3) is 0 Å². The van der Waals surface area contributed by atoms with Crippen LogP contribution in [0.2, 0.25) is 0 Å². The van der Waals surface area contributed by atoms with Crippen LogP contribution >= 0.6 is 0 Å². The van der Waals surface area contributed by atoms with Crippen molar-refractivity contribution in [2.24, 2.45) is 5.73 Å². The summed E-state index contributed by atoms with van der Waals surface area (Å²) in [6, 6.07) is 19.9. The second kappa shape index (κ2) is 6.94. The Bertz CT molecular complexity index is 750. The van der Waals surface area contributed by atoms with E-state index in [4.69, 9.17) is 16.2 Å². The Kier molecular flexibility index (Phi) is 4.54. The fourth-order valence-electron chi connectivity index (χ4n) is 2.32. The third-order valence-electron chi connectivity index (χ3n) is 3.56. The molecule has 0 aliphatic carbocycles. The van der Waals surface area contributed by atoms with Crippen molar-refractivity contribution in [3.8, 4) is 22.8 Å². The summed E-state index contributed by atoms with van der Waals surface area (Å²) in [6.45, 7) is 0.671. The molecule has 23 heavy (non-hydrogen) atoms. The van der Waals surface area contributed by atoms with Crippen molar-refractivity contribution in [2.45, 2.75) is 6.42 Å². The number of pyridine rings is 1. The first-order chi connectivity index (χ1) is 11.2. The average molecular weight is 305 g/mol. The normalized spacial score (nSPS) is 10.5. The monoisotopic (exact) mass is 305 g/mol. The third kappa shape index (κ3) is 3.87. The molecular weight excluding hydrogens is 286 g/mol. The van der Waals surface area contributed by atoms with E-state index in [-0.39, 0.29) is 0 Å². The number of ether oxygens (including phenoxy) is 1. The summed E-state index contributed by atoms with van der Waals surface area (Å²) < 4.78 is 5.69. The van der Waals surface area contributed by atoms with E-state index >= 15 is 0 Å². The molecule has 0 aliphatic heterocycles. The summed E-state index contributed by atoms with van der Waals surface area (Å²) in [5.74, 6) is 1.27. The average Bonchev–Trinajstić information content (AvgIpc) is 2.59. The first-order valence-corrected chi connectivity index (χ1v) is 7.53. The van der Waals surface area contributed by atoms with Crippen LogP contribution in [0.1, 0.15) is 5.56 Å². The molecule has 1 heterocycles. The quantitative estimate of drug-likeness (QED) is 0.755. The van der Waals surface area contributed by atoms with E-state index in [9.17, 15) is 0 Å². The lowest BCUT2D eigenvalue weighted by atomic mass is 10.0. The zero-order chi connectivity index (χ0) is 16.1. The molecule has 4 heteroatoms. The number of aromatic nitrogens is 1. The van der Waals surface area contributed by atoms with Crippen LogP contribution in [0, 0.1) is 0 Å². The Morgan fingerprint density at radius 3 is 2.04 bits per heavy atom. The maximum Gasteiger partial charge on any atom is 0.219 e. The molecule has 0 unspecified atom stereocenters. The zero-order valence-corrected chi connectivity index (χ0v) is 12.8. The minimum atomic E-state index is 0.526. The summed E-state index contributed by atoms with van der Waals surface area (Å²) >= 11 is 0. The molecule has 3 rings (SSSR count). The van der Waals surface area contributed by atoms with Crippen LogP contribution in [0.15, 0.2) is 66.9 Å².